The molecule has 1 saturated carbocycles. The Hall–Kier alpha value is -3.88. The van der Waals surface area contributed by atoms with Crippen LogP contribution in [0, 0.1) is 5.92 Å². The zero-order chi connectivity index (χ0) is 26.7. The minimum atomic E-state index is -3.16. The second kappa shape index (κ2) is 10.8. The van der Waals surface area contributed by atoms with Crippen LogP contribution < -0.4 is 30.9 Å². The van der Waals surface area contributed by atoms with E-state index in [0.717, 1.165) is 19.4 Å². The van der Waals surface area contributed by atoms with Crippen molar-refractivity contribution in [1.82, 2.24) is 30.6 Å². The maximum absolute atomic E-state index is 14.7. The van der Waals surface area contributed by atoms with Crippen molar-refractivity contribution in [3.05, 3.63) is 24.7 Å². The van der Waals surface area contributed by atoms with Gasteiger partial charge in [0.1, 0.15) is 18.0 Å². The quantitative estimate of drug-likeness (QED) is 0.415. The molecule has 2 aromatic rings. The van der Waals surface area contributed by atoms with Gasteiger partial charge in [-0.25, -0.2) is 33.3 Å². The van der Waals surface area contributed by atoms with Gasteiger partial charge >= 0.3 is 12.1 Å². The van der Waals surface area contributed by atoms with Crippen molar-refractivity contribution < 1.29 is 27.8 Å². The number of rotatable bonds is 7. The molecule has 2 aliphatic heterocycles. The van der Waals surface area contributed by atoms with Crippen LogP contribution in [0.4, 0.5) is 36.0 Å². The van der Waals surface area contributed by atoms with Gasteiger partial charge in [0.25, 0.3) is 5.92 Å². The number of nitrogens with zero attached hydrogens (tertiary/aromatic N) is 5. The first-order valence-corrected chi connectivity index (χ1v) is 12.5. The lowest BCUT2D eigenvalue weighted by Gasteiger charge is -2.38. The SMILES string of the molecule is CCOc1cnc(NC(=O)NC2CN(c3nccc(NC(=O)OC4CC5CC4CN5)n3)CCC2(F)F)cn1. The minimum absolute atomic E-state index is 0.0385. The second-order valence-electron chi connectivity index (χ2n) is 9.43. The number of hydrogen-bond donors (Lipinski definition) is 4. The molecular formula is C23H29F2N9O4. The van der Waals surface area contributed by atoms with Gasteiger partial charge in [-0.15, -0.1) is 0 Å². The topological polar surface area (TPSA) is 156 Å². The first-order valence-electron chi connectivity index (χ1n) is 12.5. The van der Waals surface area contributed by atoms with Crippen LogP contribution in [-0.2, 0) is 4.74 Å². The average Bonchev–Trinajstić information content (AvgIpc) is 3.50. The Morgan fingerprint density at radius 1 is 1.18 bits per heavy atom. The lowest BCUT2D eigenvalue weighted by atomic mass is 10.0. The summed E-state index contributed by atoms with van der Waals surface area (Å²) in [7, 11) is 0. The van der Waals surface area contributed by atoms with Gasteiger partial charge in [-0.1, -0.05) is 0 Å². The van der Waals surface area contributed by atoms with Gasteiger partial charge in [-0.2, -0.15) is 4.98 Å². The maximum atomic E-state index is 14.7. The second-order valence-corrected chi connectivity index (χ2v) is 9.43. The molecule has 4 N–H and O–H groups in total. The molecule has 0 spiro atoms. The highest BCUT2D eigenvalue weighted by atomic mass is 19.3. The summed E-state index contributed by atoms with van der Waals surface area (Å²) in [6.07, 6.45) is 4.50. The van der Waals surface area contributed by atoms with Gasteiger partial charge in [-0.05, 0) is 19.4 Å². The van der Waals surface area contributed by atoms with Crippen LogP contribution in [0.25, 0.3) is 0 Å². The summed E-state index contributed by atoms with van der Waals surface area (Å²) in [5.41, 5.74) is 0. The number of carbonyl (C=O) groups is 2. The standard InChI is InChI=1S/C23H29F2N9O4/c1-2-37-19-11-28-18(10-29-19)32-21(35)30-16-12-34(6-4-23(16,24)25)20-26-5-3-17(31-20)33-22(36)38-15-8-14-7-13(15)9-27-14/h3,5,10-11,13-16,27H,2,4,6-9,12H2,1H3,(H,26,31,33,36)(H2,28,30,32,35). The molecule has 4 unspecified atom stereocenters. The van der Waals surface area contributed by atoms with Crippen molar-refractivity contribution in [2.24, 2.45) is 5.92 Å². The van der Waals surface area contributed by atoms with Crippen LogP contribution in [0.5, 0.6) is 5.88 Å². The molecule has 2 bridgehead atoms. The predicted octanol–water partition coefficient (Wildman–Crippen LogP) is 2.00. The maximum Gasteiger partial charge on any atom is 0.413 e. The minimum Gasteiger partial charge on any atom is -0.477 e. The van der Waals surface area contributed by atoms with Crippen molar-refractivity contribution in [3.63, 3.8) is 0 Å². The van der Waals surface area contributed by atoms with E-state index in [9.17, 15) is 18.4 Å². The molecule has 0 radical (unpaired) electrons. The molecule has 3 fully saturated rings. The van der Waals surface area contributed by atoms with Crippen molar-refractivity contribution in [1.29, 1.82) is 0 Å². The van der Waals surface area contributed by atoms with E-state index >= 15 is 0 Å². The number of hydrogen-bond acceptors (Lipinski definition) is 10. The zero-order valence-electron chi connectivity index (χ0n) is 20.7. The molecule has 38 heavy (non-hydrogen) atoms. The number of halogens is 2. The number of ether oxygens (including phenoxy) is 2. The molecule has 5 rings (SSSR count). The molecular weight excluding hydrogens is 504 g/mol. The summed E-state index contributed by atoms with van der Waals surface area (Å²) in [5, 5.41) is 10.7. The molecule has 2 saturated heterocycles. The van der Waals surface area contributed by atoms with Gasteiger partial charge in [0.15, 0.2) is 5.82 Å². The Morgan fingerprint density at radius 2 is 2.05 bits per heavy atom. The van der Waals surface area contributed by atoms with Crippen LogP contribution in [0.3, 0.4) is 0 Å². The summed E-state index contributed by atoms with van der Waals surface area (Å²) < 4.78 is 40.1. The van der Waals surface area contributed by atoms with Crippen molar-refractivity contribution in [3.8, 4) is 5.88 Å². The fourth-order valence-corrected chi connectivity index (χ4v) is 4.92. The third kappa shape index (κ3) is 5.98. The molecule has 15 heteroatoms. The number of nitrogens with one attached hydrogen (secondary N) is 4. The largest absolute Gasteiger partial charge is 0.477 e. The highest BCUT2D eigenvalue weighted by Gasteiger charge is 2.46. The highest BCUT2D eigenvalue weighted by Crippen LogP contribution is 2.34. The highest BCUT2D eigenvalue weighted by molar-refractivity contribution is 5.88. The summed E-state index contributed by atoms with van der Waals surface area (Å²) in [6.45, 7) is 2.74. The zero-order valence-corrected chi connectivity index (χ0v) is 20.7. The lowest BCUT2D eigenvalue weighted by Crippen LogP contribution is -2.59. The summed E-state index contributed by atoms with van der Waals surface area (Å²) in [5.74, 6) is -2.15. The van der Waals surface area contributed by atoms with Crippen LogP contribution in [0.2, 0.25) is 0 Å². The predicted molar refractivity (Wildman–Crippen MR) is 131 cm³/mol. The van der Waals surface area contributed by atoms with E-state index in [2.05, 4.69) is 41.2 Å². The van der Waals surface area contributed by atoms with E-state index in [-0.39, 0.29) is 42.7 Å². The third-order valence-electron chi connectivity index (χ3n) is 6.81. The van der Waals surface area contributed by atoms with Gasteiger partial charge in [-0.3, -0.25) is 10.6 Å². The molecule has 204 valence electrons. The van der Waals surface area contributed by atoms with Crippen LogP contribution in [0.15, 0.2) is 24.7 Å². The van der Waals surface area contributed by atoms with E-state index in [0.29, 0.717) is 18.6 Å². The molecule has 2 aromatic heterocycles. The number of aromatic nitrogens is 4. The van der Waals surface area contributed by atoms with Crippen LogP contribution in [-0.4, -0.2) is 82.4 Å². The number of fused-ring (bicyclic) bond motifs is 2. The average molecular weight is 534 g/mol. The normalized spacial score (nSPS) is 25.5. The number of urea groups is 1. The van der Waals surface area contributed by atoms with Crippen LogP contribution in [0.1, 0.15) is 26.2 Å². The van der Waals surface area contributed by atoms with Crippen molar-refractivity contribution >= 4 is 29.7 Å². The smallest absolute Gasteiger partial charge is 0.413 e. The van der Waals surface area contributed by atoms with Gasteiger partial charge in [0.05, 0.1) is 19.0 Å². The Labute approximate surface area is 217 Å². The Bertz CT molecular complexity index is 1160. The van der Waals surface area contributed by atoms with Crippen molar-refractivity contribution in [2.75, 3.05) is 41.8 Å². The summed E-state index contributed by atoms with van der Waals surface area (Å²) in [6, 6.07) is -0.501. The Morgan fingerprint density at radius 3 is 2.76 bits per heavy atom. The monoisotopic (exact) mass is 533 g/mol. The fraction of sp³-hybridized carbons (Fsp3) is 0.565. The van der Waals surface area contributed by atoms with E-state index in [1.165, 1.54) is 29.6 Å². The van der Waals surface area contributed by atoms with E-state index in [1.54, 1.807) is 6.92 Å². The summed E-state index contributed by atoms with van der Waals surface area (Å²) >= 11 is 0. The molecule has 3 aliphatic rings. The summed E-state index contributed by atoms with van der Waals surface area (Å²) in [4.78, 5) is 42.8. The molecule has 3 amide bonds. The van der Waals surface area contributed by atoms with Crippen LogP contribution >= 0.6 is 0 Å². The molecule has 13 nitrogen and oxygen atoms in total. The Kier molecular flexibility index (Phi) is 7.35. The number of carbonyl (C=O) groups excluding carboxylic acids is 2. The first-order chi connectivity index (χ1) is 18.3. The number of anilines is 3. The fourth-order valence-electron chi connectivity index (χ4n) is 4.92. The van der Waals surface area contributed by atoms with Gasteiger partial charge in [0.2, 0.25) is 11.8 Å². The van der Waals surface area contributed by atoms with E-state index in [4.69, 9.17) is 9.47 Å². The van der Waals surface area contributed by atoms with Gasteiger partial charge in [0, 0.05) is 50.6 Å². The van der Waals surface area contributed by atoms with Crippen molar-refractivity contribution in [2.45, 2.75) is 50.3 Å². The molecule has 4 heterocycles. The molecule has 1 aliphatic carbocycles. The Balaban J connectivity index is 1.17. The number of alkyl halides is 2. The van der Waals surface area contributed by atoms with Gasteiger partial charge < -0.3 is 25.0 Å². The van der Waals surface area contributed by atoms with E-state index in [1.807, 2.05) is 0 Å². The molecule has 4 atom stereocenters. The lowest BCUT2D eigenvalue weighted by molar-refractivity contribution is -0.0472. The first kappa shape index (κ1) is 25.8. The van der Waals surface area contributed by atoms with E-state index < -0.39 is 30.5 Å². The number of piperidine rings is 2. The molecule has 0 aromatic carbocycles. The third-order valence-corrected chi connectivity index (χ3v) is 6.81. The number of amides is 3.